The Kier molecular flexibility index (Phi) is 7.43. The SMILES string of the molecule is COCCCNC(=O)CN1CCN(CC(C)(C)O)CC1. The Morgan fingerprint density at radius 2 is 1.85 bits per heavy atom. The molecule has 20 heavy (non-hydrogen) atoms. The molecule has 1 aliphatic rings. The molecule has 0 aromatic carbocycles. The smallest absolute Gasteiger partial charge is 0.234 e. The summed E-state index contributed by atoms with van der Waals surface area (Å²) in [5.74, 6) is 0.0806. The van der Waals surface area contributed by atoms with E-state index < -0.39 is 5.60 Å². The Morgan fingerprint density at radius 3 is 2.40 bits per heavy atom. The van der Waals surface area contributed by atoms with Gasteiger partial charge in [-0.1, -0.05) is 0 Å². The number of amides is 1. The first-order valence-electron chi connectivity index (χ1n) is 7.33. The monoisotopic (exact) mass is 287 g/mol. The number of hydrogen-bond acceptors (Lipinski definition) is 5. The first-order chi connectivity index (χ1) is 9.40. The highest BCUT2D eigenvalue weighted by Crippen LogP contribution is 2.08. The normalized spacial score (nSPS) is 18.2. The van der Waals surface area contributed by atoms with Gasteiger partial charge in [0.15, 0.2) is 0 Å². The van der Waals surface area contributed by atoms with Crippen LogP contribution in [0.15, 0.2) is 0 Å². The predicted octanol–water partition coefficient (Wildman–Crippen LogP) is -0.472. The second-order valence-corrected chi connectivity index (χ2v) is 6.06. The molecule has 118 valence electrons. The third-order valence-electron chi connectivity index (χ3n) is 3.29. The molecule has 0 spiro atoms. The average Bonchev–Trinajstić information content (AvgIpc) is 2.35. The molecule has 1 heterocycles. The first kappa shape index (κ1) is 17.4. The number of rotatable bonds is 8. The molecule has 0 aromatic rings. The van der Waals surface area contributed by atoms with E-state index in [9.17, 15) is 9.90 Å². The maximum Gasteiger partial charge on any atom is 0.234 e. The van der Waals surface area contributed by atoms with Gasteiger partial charge in [-0.25, -0.2) is 0 Å². The van der Waals surface area contributed by atoms with E-state index in [0.29, 0.717) is 26.2 Å². The van der Waals surface area contributed by atoms with Crippen molar-refractivity contribution in [2.24, 2.45) is 0 Å². The summed E-state index contributed by atoms with van der Waals surface area (Å²) in [5.41, 5.74) is -0.652. The summed E-state index contributed by atoms with van der Waals surface area (Å²) in [6.07, 6.45) is 0.849. The van der Waals surface area contributed by atoms with Crippen LogP contribution >= 0.6 is 0 Å². The zero-order valence-electron chi connectivity index (χ0n) is 13.0. The maximum atomic E-state index is 11.7. The van der Waals surface area contributed by atoms with E-state index in [1.54, 1.807) is 7.11 Å². The molecule has 6 heteroatoms. The number of nitrogens with one attached hydrogen (secondary N) is 1. The lowest BCUT2D eigenvalue weighted by molar-refractivity contribution is -0.122. The van der Waals surface area contributed by atoms with E-state index in [1.807, 2.05) is 13.8 Å². The van der Waals surface area contributed by atoms with Gasteiger partial charge in [0.1, 0.15) is 0 Å². The molecule has 6 nitrogen and oxygen atoms in total. The number of piperazine rings is 1. The van der Waals surface area contributed by atoms with Crippen molar-refractivity contribution in [3.63, 3.8) is 0 Å². The van der Waals surface area contributed by atoms with Crippen LogP contribution in [0.1, 0.15) is 20.3 Å². The molecule has 0 atom stereocenters. The van der Waals surface area contributed by atoms with Crippen LogP contribution in [-0.4, -0.2) is 85.9 Å². The molecule has 0 bridgehead atoms. The van der Waals surface area contributed by atoms with Crippen molar-refractivity contribution in [3.05, 3.63) is 0 Å². The van der Waals surface area contributed by atoms with Crippen LogP contribution < -0.4 is 5.32 Å². The van der Waals surface area contributed by atoms with Gasteiger partial charge >= 0.3 is 0 Å². The second-order valence-electron chi connectivity index (χ2n) is 6.06. The highest BCUT2D eigenvalue weighted by atomic mass is 16.5. The van der Waals surface area contributed by atoms with Crippen molar-refractivity contribution in [2.45, 2.75) is 25.9 Å². The van der Waals surface area contributed by atoms with Gasteiger partial charge in [-0.2, -0.15) is 0 Å². The maximum absolute atomic E-state index is 11.7. The number of carbonyl (C=O) groups is 1. The van der Waals surface area contributed by atoms with Gasteiger partial charge in [0.2, 0.25) is 5.91 Å². The van der Waals surface area contributed by atoms with E-state index in [4.69, 9.17) is 4.74 Å². The minimum atomic E-state index is -0.652. The van der Waals surface area contributed by atoms with E-state index in [2.05, 4.69) is 15.1 Å². The van der Waals surface area contributed by atoms with Crippen molar-refractivity contribution in [1.29, 1.82) is 0 Å². The second kappa shape index (κ2) is 8.56. The van der Waals surface area contributed by atoms with E-state index in [0.717, 1.165) is 32.6 Å². The lowest BCUT2D eigenvalue weighted by atomic mass is 10.1. The van der Waals surface area contributed by atoms with Crippen LogP contribution in [0.5, 0.6) is 0 Å². The van der Waals surface area contributed by atoms with E-state index in [1.165, 1.54) is 0 Å². The fourth-order valence-electron chi connectivity index (χ4n) is 2.36. The zero-order valence-corrected chi connectivity index (χ0v) is 13.0. The quantitative estimate of drug-likeness (QED) is 0.591. The Morgan fingerprint density at radius 1 is 1.25 bits per heavy atom. The molecular weight excluding hydrogens is 258 g/mol. The summed E-state index contributed by atoms with van der Waals surface area (Å²) in [4.78, 5) is 16.1. The number of nitrogens with zero attached hydrogens (tertiary/aromatic N) is 2. The van der Waals surface area contributed by atoms with Gasteiger partial charge in [0, 0.05) is 53.0 Å². The van der Waals surface area contributed by atoms with Gasteiger partial charge in [-0.05, 0) is 20.3 Å². The summed E-state index contributed by atoms with van der Waals surface area (Å²) in [7, 11) is 1.66. The largest absolute Gasteiger partial charge is 0.389 e. The molecule has 2 N–H and O–H groups in total. The van der Waals surface area contributed by atoms with Crippen LogP contribution in [0.3, 0.4) is 0 Å². The molecule has 1 saturated heterocycles. The van der Waals surface area contributed by atoms with E-state index in [-0.39, 0.29) is 5.91 Å². The third-order valence-corrected chi connectivity index (χ3v) is 3.29. The zero-order chi connectivity index (χ0) is 15.0. The molecule has 0 unspecified atom stereocenters. The Labute approximate surface area is 122 Å². The van der Waals surface area contributed by atoms with Crippen LogP contribution in [0.2, 0.25) is 0 Å². The van der Waals surface area contributed by atoms with Crippen molar-refractivity contribution in [2.75, 3.05) is 59.5 Å². The fraction of sp³-hybridized carbons (Fsp3) is 0.929. The van der Waals surface area contributed by atoms with E-state index >= 15 is 0 Å². The number of methoxy groups -OCH3 is 1. The van der Waals surface area contributed by atoms with Gasteiger partial charge in [-0.15, -0.1) is 0 Å². The lowest BCUT2D eigenvalue weighted by Gasteiger charge is -2.36. The fourth-order valence-corrected chi connectivity index (χ4v) is 2.36. The molecule has 1 amide bonds. The predicted molar refractivity (Wildman–Crippen MR) is 78.7 cm³/mol. The summed E-state index contributed by atoms with van der Waals surface area (Å²) >= 11 is 0. The van der Waals surface area contributed by atoms with Crippen LogP contribution in [0.4, 0.5) is 0 Å². The molecule has 0 radical (unpaired) electrons. The minimum Gasteiger partial charge on any atom is -0.389 e. The van der Waals surface area contributed by atoms with Crippen molar-refractivity contribution in [1.82, 2.24) is 15.1 Å². The number of ether oxygens (including phenoxy) is 1. The topological polar surface area (TPSA) is 65.0 Å². The third kappa shape index (κ3) is 7.79. The summed E-state index contributed by atoms with van der Waals surface area (Å²) in [6, 6.07) is 0. The van der Waals surface area contributed by atoms with Crippen LogP contribution in [0.25, 0.3) is 0 Å². The molecule has 0 aromatic heterocycles. The summed E-state index contributed by atoms with van der Waals surface area (Å²) < 4.78 is 4.94. The van der Waals surface area contributed by atoms with Gasteiger partial charge in [0.05, 0.1) is 12.1 Å². The highest BCUT2D eigenvalue weighted by molar-refractivity contribution is 5.77. The van der Waals surface area contributed by atoms with Gasteiger partial charge < -0.3 is 15.2 Å². The van der Waals surface area contributed by atoms with Gasteiger partial charge in [0.25, 0.3) is 0 Å². The van der Waals surface area contributed by atoms with Crippen LogP contribution in [0, 0.1) is 0 Å². The number of β-amino-alcohol motifs (C(OH)–C–C–N with tert-alkyl or cyclic N) is 1. The number of carbonyl (C=O) groups excluding carboxylic acids is 1. The molecule has 0 aliphatic carbocycles. The molecule has 0 saturated carbocycles. The first-order valence-corrected chi connectivity index (χ1v) is 7.33. The standard InChI is InChI=1S/C14H29N3O3/c1-14(2,19)12-17-8-6-16(7-9-17)11-13(18)15-5-4-10-20-3/h19H,4-12H2,1-3H3,(H,15,18). The van der Waals surface area contributed by atoms with Gasteiger partial charge in [-0.3, -0.25) is 14.6 Å². The molecule has 1 fully saturated rings. The van der Waals surface area contributed by atoms with Crippen molar-refractivity contribution in [3.8, 4) is 0 Å². The Bertz CT molecular complexity index is 284. The van der Waals surface area contributed by atoms with Crippen molar-refractivity contribution < 1.29 is 14.6 Å². The number of aliphatic hydroxyl groups is 1. The summed E-state index contributed by atoms with van der Waals surface area (Å²) in [5, 5.41) is 12.7. The highest BCUT2D eigenvalue weighted by Gasteiger charge is 2.23. The molecule has 1 rings (SSSR count). The Balaban J connectivity index is 2.14. The average molecular weight is 287 g/mol. The Hall–Kier alpha value is -0.690. The molecular formula is C14H29N3O3. The number of hydrogen-bond donors (Lipinski definition) is 2. The lowest BCUT2D eigenvalue weighted by Crippen LogP contribution is -2.52. The minimum absolute atomic E-state index is 0.0806. The van der Waals surface area contributed by atoms with Crippen molar-refractivity contribution >= 4 is 5.91 Å². The summed E-state index contributed by atoms with van der Waals surface area (Å²) in [6.45, 7) is 9.71. The van der Waals surface area contributed by atoms with Crippen LogP contribution in [-0.2, 0) is 9.53 Å². The molecule has 1 aliphatic heterocycles.